The third kappa shape index (κ3) is 4.94. The second-order valence-electron chi connectivity index (χ2n) is 7.78. The van der Waals surface area contributed by atoms with Crippen molar-refractivity contribution in [1.82, 2.24) is 9.55 Å². The lowest BCUT2D eigenvalue weighted by atomic mass is 9.98. The molecule has 1 heterocycles. The van der Waals surface area contributed by atoms with Gasteiger partial charge < -0.3 is 9.88 Å². The first-order chi connectivity index (χ1) is 14.5. The number of fused-ring (bicyclic) bond motifs is 1. The molecule has 0 fully saturated rings. The molecule has 1 atom stereocenters. The molecule has 0 saturated carbocycles. The number of carbonyl (C=O) groups is 1. The number of rotatable bonds is 7. The Morgan fingerprint density at radius 1 is 1.23 bits per heavy atom. The van der Waals surface area contributed by atoms with Crippen LogP contribution in [0.4, 0.5) is 5.69 Å². The molecule has 3 aromatic rings. The number of para-hydroxylation sites is 1. The summed E-state index contributed by atoms with van der Waals surface area (Å²) < 4.78 is 25.3. The van der Waals surface area contributed by atoms with Gasteiger partial charge in [0.25, 0.3) is 0 Å². The molecule has 1 aromatic heterocycles. The summed E-state index contributed by atoms with van der Waals surface area (Å²) in [6.07, 6.45) is 0. The van der Waals surface area contributed by atoms with E-state index in [1.807, 2.05) is 43.5 Å². The Morgan fingerprint density at radius 3 is 2.55 bits per heavy atom. The molecule has 0 bridgehead atoms. The zero-order valence-electron chi connectivity index (χ0n) is 18.3. The predicted molar refractivity (Wildman–Crippen MR) is 126 cm³/mol. The van der Waals surface area contributed by atoms with Crippen LogP contribution in [0.1, 0.15) is 44.7 Å². The number of nitrogens with one attached hydrogen (secondary N) is 1. The lowest BCUT2D eigenvalue weighted by Gasteiger charge is -2.18. The predicted octanol–water partition coefficient (Wildman–Crippen LogP) is 4.25. The molecule has 0 aliphatic carbocycles. The second-order valence-corrected chi connectivity index (χ2v) is 10.6. The molecule has 0 saturated heterocycles. The maximum Gasteiger partial charge on any atom is 0.238 e. The number of carbonyl (C=O) groups excluding carboxylic acids is 1. The summed E-state index contributed by atoms with van der Waals surface area (Å²) in [6, 6.07) is 10.7. The molecule has 0 aliphatic heterocycles. The van der Waals surface area contributed by atoms with Crippen molar-refractivity contribution in [2.45, 2.75) is 62.4 Å². The van der Waals surface area contributed by atoms with Crippen molar-refractivity contribution >= 4 is 44.4 Å². The van der Waals surface area contributed by atoms with Crippen LogP contribution in [0.3, 0.4) is 0 Å². The van der Waals surface area contributed by atoms with Gasteiger partial charge >= 0.3 is 0 Å². The number of imidazole rings is 1. The number of hydrogen-bond donors (Lipinski definition) is 2. The lowest BCUT2D eigenvalue weighted by molar-refractivity contribution is -0.115. The molecule has 9 heteroatoms. The number of nitrogens with zero attached hydrogens (tertiary/aromatic N) is 2. The number of aryl methyl sites for hydroxylation is 2. The molecule has 1 unspecified atom stereocenters. The molecule has 2 aromatic carbocycles. The fourth-order valence-electron chi connectivity index (χ4n) is 3.44. The number of anilines is 1. The van der Waals surface area contributed by atoms with Crippen LogP contribution in [0.15, 0.2) is 46.5 Å². The lowest BCUT2D eigenvalue weighted by Crippen LogP contribution is -2.24. The molecule has 31 heavy (non-hydrogen) atoms. The average Bonchev–Trinajstić information content (AvgIpc) is 3.04. The highest BCUT2D eigenvalue weighted by atomic mass is 32.2. The monoisotopic (exact) mass is 460 g/mol. The summed E-state index contributed by atoms with van der Waals surface area (Å²) in [4.78, 5) is 17.6. The summed E-state index contributed by atoms with van der Waals surface area (Å²) in [5.74, 6) is 0.177. The molecule has 3 rings (SSSR count). The largest absolute Gasteiger partial charge is 0.325 e. The van der Waals surface area contributed by atoms with E-state index in [0.717, 1.165) is 22.3 Å². The molecule has 1 amide bonds. The number of nitrogens with two attached hydrogens (primary N) is 1. The van der Waals surface area contributed by atoms with Gasteiger partial charge in [-0.3, -0.25) is 4.79 Å². The number of primary sulfonamides is 1. The van der Waals surface area contributed by atoms with Gasteiger partial charge in [0, 0.05) is 12.2 Å². The smallest absolute Gasteiger partial charge is 0.238 e. The van der Waals surface area contributed by atoms with Crippen molar-refractivity contribution in [3.05, 3.63) is 47.5 Å². The summed E-state index contributed by atoms with van der Waals surface area (Å²) >= 11 is 1.34. The van der Waals surface area contributed by atoms with Crippen LogP contribution in [0.5, 0.6) is 0 Å². The maximum atomic E-state index is 13.0. The third-order valence-corrected chi connectivity index (χ3v) is 7.16. The summed E-state index contributed by atoms with van der Waals surface area (Å²) in [6.45, 7) is 10.6. The van der Waals surface area contributed by atoms with Crippen LogP contribution in [-0.4, -0.2) is 29.1 Å². The van der Waals surface area contributed by atoms with Crippen molar-refractivity contribution in [2.24, 2.45) is 5.14 Å². The number of aromatic nitrogens is 2. The molecule has 3 N–H and O–H groups in total. The Labute approximate surface area is 187 Å². The zero-order valence-corrected chi connectivity index (χ0v) is 20.0. The Hall–Kier alpha value is -2.36. The molecule has 0 radical (unpaired) electrons. The fourth-order valence-corrected chi connectivity index (χ4v) is 4.96. The van der Waals surface area contributed by atoms with Gasteiger partial charge in [-0.2, -0.15) is 0 Å². The SMILES string of the molecule is CCn1c(SC(C)C(=O)Nc2c(C)cccc2C(C)C)nc2cc(S(N)(=O)=O)ccc21. The van der Waals surface area contributed by atoms with E-state index in [1.54, 1.807) is 6.07 Å². The van der Waals surface area contributed by atoms with E-state index in [2.05, 4.69) is 24.1 Å². The van der Waals surface area contributed by atoms with Crippen LogP contribution in [0, 0.1) is 6.92 Å². The molecule has 7 nitrogen and oxygen atoms in total. The van der Waals surface area contributed by atoms with Gasteiger partial charge in [0.15, 0.2) is 5.16 Å². The van der Waals surface area contributed by atoms with E-state index in [1.165, 1.54) is 23.9 Å². The average molecular weight is 461 g/mol. The van der Waals surface area contributed by atoms with E-state index in [0.29, 0.717) is 17.2 Å². The van der Waals surface area contributed by atoms with Gasteiger partial charge in [-0.05, 0) is 56.0 Å². The standard InChI is InChI=1S/C22H28N4O3S2/c1-6-26-19-11-10-16(31(23,28)29)12-18(19)24-22(26)30-15(5)21(27)25-20-14(4)8-7-9-17(20)13(2)3/h7-13,15H,6H2,1-5H3,(H,25,27)(H2,23,28,29). The van der Waals surface area contributed by atoms with E-state index >= 15 is 0 Å². The minimum atomic E-state index is -3.81. The van der Waals surface area contributed by atoms with Gasteiger partial charge in [0.2, 0.25) is 15.9 Å². The third-order valence-electron chi connectivity index (χ3n) is 5.16. The number of thioether (sulfide) groups is 1. The highest BCUT2D eigenvalue weighted by molar-refractivity contribution is 8.00. The van der Waals surface area contributed by atoms with Crippen LogP contribution in [-0.2, 0) is 21.4 Å². The van der Waals surface area contributed by atoms with Crippen LogP contribution < -0.4 is 10.5 Å². The topological polar surface area (TPSA) is 107 Å². The Kier molecular flexibility index (Phi) is 6.78. The fraction of sp³-hybridized carbons (Fsp3) is 0.364. The first kappa shape index (κ1) is 23.3. The molecule has 0 spiro atoms. The Bertz CT molecular complexity index is 1230. The summed E-state index contributed by atoms with van der Waals surface area (Å²) in [5.41, 5.74) is 4.31. The zero-order chi connectivity index (χ0) is 22.9. The first-order valence-corrected chi connectivity index (χ1v) is 12.6. The van der Waals surface area contributed by atoms with E-state index in [-0.39, 0.29) is 16.7 Å². The first-order valence-electron chi connectivity index (χ1n) is 10.1. The van der Waals surface area contributed by atoms with Gasteiger partial charge in [-0.1, -0.05) is 43.8 Å². The number of benzene rings is 2. The van der Waals surface area contributed by atoms with Gasteiger partial charge in [-0.25, -0.2) is 18.5 Å². The van der Waals surface area contributed by atoms with Crippen molar-refractivity contribution < 1.29 is 13.2 Å². The van der Waals surface area contributed by atoms with Crippen molar-refractivity contribution in [1.29, 1.82) is 0 Å². The van der Waals surface area contributed by atoms with Gasteiger partial charge in [0.05, 0.1) is 21.2 Å². The van der Waals surface area contributed by atoms with E-state index < -0.39 is 15.3 Å². The van der Waals surface area contributed by atoms with E-state index in [9.17, 15) is 13.2 Å². The highest BCUT2D eigenvalue weighted by Crippen LogP contribution is 2.31. The quantitative estimate of drug-likeness (QED) is 0.513. The maximum absolute atomic E-state index is 13.0. The number of sulfonamides is 1. The molecular formula is C22H28N4O3S2. The molecule has 0 aliphatic rings. The minimum Gasteiger partial charge on any atom is -0.325 e. The molecular weight excluding hydrogens is 432 g/mol. The van der Waals surface area contributed by atoms with Gasteiger partial charge in [0.1, 0.15) is 0 Å². The van der Waals surface area contributed by atoms with Crippen LogP contribution in [0.2, 0.25) is 0 Å². The van der Waals surface area contributed by atoms with Crippen LogP contribution >= 0.6 is 11.8 Å². The number of hydrogen-bond acceptors (Lipinski definition) is 5. The second kappa shape index (κ2) is 9.02. The van der Waals surface area contributed by atoms with Crippen molar-refractivity contribution in [3.63, 3.8) is 0 Å². The Balaban J connectivity index is 1.88. The summed E-state index contributed by atoms with van der Waals surface area (Å²) in [7, 11) is -3.81. The minimum absolute atomic E-state index is 0.0175. The van der Waals surface area contributed by atoms with Crippen molar-refractivity contribution in [2.75, 3.05) is 5.32 Å². The number of amides is 1. The van der Waals surface area contributed by atoms with Gasteiger partial charge in [-0.15, -0.1) is 0 Å². The molecule has 166 valence electrons. The van der Waals surface area contributed by atoms with Crippen LogP contribution in [0.25, 0.3) is 11.0 Å². The normalized spacial score (nSPS) is 13.0. The Morgan fingerprint density at radius 2 is 1.94 bits per heavy atom. The van der Waals surface area contributed by atoms with E-state index in [4.69, 9.17) is 5.14 Å². The van der Waals surface area contributed by atoms with Crippen molar-refractivity contribution in [3.8, 4) is 0 Å². The highest BCUT2D eigenvalue weighted by Gasteiger charge is 2.22. The summed E-state index contributed by atoms with van der Waals surface area (Å²) in [5, 5.41) is 8.58.